The summed E-state index contributed by atoms with van der Waals surface area (Å²) in [6.07, 6.45) is 5.69. The Morgan fingerprint density at radius 3 is 2.77 bits per heavy atom. The summed E-state index contributed by atoms with van der Waals surface area (Å²) in [6, 6.07) is 0. The monoisotopic (exact) mass is 430 g/mol. The average Bonchev–Trinajstić information content (AvgIpc) is 3.11. The van der Waals surface area contributed by atoms with Crippen molar-refractivity contribution in [3.63, 3.8) is 0 Å². The lowest BCUT2D eigenvalue weighted by Crippen LogP contribution is -2.39. The molecule has 0 fully saturated rings. The van der Waals surface area contributed by atoms with E-state index >= 15 is 4.39 Å². The van der Waals surface area contributed by atoms with E-state index in [0.29, 0.717) is 25.9 Å². The molecule has 1 aromatic heterocycles. The molecule has 1 aromatic carbocycles. The predicted octanol–water partition coefficient (Wildman–Crippen LogP) is 2.10. The molecule has 2 aromatic rings. The fourth-order valence-electron chi connectivity index (χ4n) is 3.94. The summed E-state index contributed by atoms with van der Waals surface area (Å²) in [5.74, 6) is -2.15. The molecule has 0 aliphatic carbocycles. The van der Waals surface area contributed by atoms with Crippen LogP contribution in [0.4, 0.5) is 15.8 Å². The number of rotatable bonds is 6. The van der Waals surface area contributed by atoms with Gasteiger partial charge in [0.1, 0.15) is 17.9 Å². The Balaban J connectivity index is 1.77. The molecule has 0 radical (unpaired) electrons. The topological polar surface area (TPSA) is 127 Å². The van der Waals surface area contributed by atoms with Gasteiger partial charge >= 0.3 is 5.97 Å². The molecule has 9 nitrogen and oxygen atoms in total. The Labute approximate surface area is 176 Å². The van der Waals surface area contributed by atoms with Crippen molar-refractivity contribution in [3.05, 3.63) is 40.1 Å². The van der Waals surface area contributed by atoms with E-state index in [1.165, 1.54) is 6.20 Å². The zero-order chi connectivity index (χ0) is 22.5. The summed E-state index contributed by atoms with van der Waals surface area (Å²) in [6.45, 7) is 4.58. The van der Waals surface area contributed by atoms with Gasteiger partial charge in [-0.1, -0.05) is 6.08 Å². The first kappa shape index (κ1) is 20.7. The molecule has 0 bridgehead atoms. The van der Waals surface area contributed by atoms with Gasteiger partial charge in [-0.15, -0.1) is 0 Å². The number of nitrogens with zero attached hydrogens (tertiary/aromatic N) is 2. The van der Waals surface area contributed by atoms with Gasteiger partial charge in [-0.05, 0) is 20.3 Å². The lowest BCUT2D eigenvalue weighted by atomic mass is 9.98. The Hall–Kier alpha value is -3.56. The first-order chi connectivity index (χ1) is 14.6. The zero-order valence-corrected chi connectivity index (χ0v) is 17.2. The number of halogens is 1. The molecule has 10 heteroatoms. The van der Waals surface area contributed by atoms with Crippen molar-refractivity contribution in [2.75, 3.05) is 30.7 Å². The molecular weight excluding hydrogens is 407 g/mol. The van der Waals surface area contributed by atoms with Gasteiger partial charge in [0.25, 0.3) is 0 Å². The van der Waals surface area contributed by atoms with E-state index in [4.69, 9.17) is 10.5 Å². The predicted molar refractivity (Wildman–Crippen MR) is 113 cm³/mol. The van der Waals surface area contributed by atoms with Crippen molar-refractivity contribution in [2.24, 2.45) is 0 Å². The number of nitrogens with two attached hydrogens (primary N) is 1. The summed E-state index contributed by atoms with van der Waals surface area (Å²) < 4.78 is 22.6. The molecule has 0 unspecified atom stereocenters. The third-order valence-corrected chi connectivity index (χ3v) is 5.60. The summed E-state index contributed by atoms with van der Waals surface area (Å²) in [5.41, 5.74) is 3.79. The molecule has 4 rings (SSSR count). The van der Waals surface area contributed by atoms with Crippen LogP contribution in [0.1, 0.15) is 37.0 Å². The maximum atomic E-state index is 15.2. The third-order valence-electron chi connectivity index (χ3n) is 5.60. The minimum absolute atomic E-state index is 0.0139. The van der Waals surface area contributed by atoms with Crippen LogP contribution in [0.3, 0.4) is 0 Å². The van der Waals surface area contributed by atoms with Crippen LogP contribution in [0, 0.1) is 5.82 Å². The maximum Gasteiger partial charge on any atom is 0.341 e. The van der Waals surface area contributed by atoms with Crippen molar-refractivity contribution in [1.29, 1.82) is 0 Å². The molecule has 3 heterocycles. The van der Waals surface area contributed by atoms with E-state index in [9.17, 15) is 19.5 Å². The fourth-order valence-corrected chi connectivity index (χ4v) is 3.94. The van der Waals surface area contributed by atoms with Gasteiger partial charge < -0.3 is 30.4 Å². The van der Waals surface area contributed by atoms with Crippen LogP contribution < -0.4 is 21.2 Å². The Morgan fingerprint density at radius 1 is 1.39 bits per heavy atom. The number of carbonyl (C=O) groups excluding carboxylic acids is 1. The molecule has 0 saturated carbocycles. The summed E-state index contributed by atoms with van der Waals surface area (Å²) in [4.78, 5) is 37.6. The first-order valence-electron chi connectivity index (χ1n) is 9.90. The van der Waals surface area contributed by atoms with E-state index in [1.807, 2.05) is 13.8 Å². The molecule has 0 saturated heterocycles. The standard InChI is InChI=1S/C21H23FN4O5/c1-21(2)10-31-19-16(24-6-4-8-25-7-3-5-12(25)27)14(22)15(23)13-17(19)26(21)9-11(18(13)28)20(29)30/h3,7,9,24H,4-6,8,10,23H2,1-2H3,(H,29,30). The molecule has 31 heavy (non-hydrogen) atoms. The number of pyridine rings is 1. The number of hydrogen-bond acceptors (Lipinski definition) is 6. The van der Waals surface area contributed by atoms with E-state index in [0.717, 1.165) is 0 Å². The van der Waals surface area contributed by atoms with E-state index in [2.05, 4.69) is 5.32 Å². The number of ether oxygens (including phenoxy) is 1. The molecule has 4 N–H and O–H groups in total. The second-order valence-corrected chi connectivity index (χ2v) is 8.26. The van der Waals surface area contributed by atoms with Gasteiger partial charge in [0.15, 0.2) is 11.6 Å². The second-order valence-electron chi connectivity index (χ2n) is 8.26. The first-order valence-corrected chi connectivity index (χ1v) is 9.90. The number of hydrogen-bond donors (Lipinski definition) is 3. The van der Waals surface area contributed by atoms with Crippen LogP contribution in [0.15, 0.2) is 23.3 Å². The van der Waals surface area contributed by atoms with Gasteiger partial charge in [0.2, 0.25) is 11.3 Å². The summed E-state index contributed by atoms with van der Waals surface area (Å²) in [5, 5.41) is 12.2. The molecule has 2 aliphatic heterocycles. The minimum atomic E-state index is -1.41. The lowest BCUT2D eigenvalue weighted by Gasteiger charge is -2.36. The van der Waals surface area contributed by atoms with Gasteiger partial charge in [0, 0.05) is 31.9 Å². The van der Waals surface area contributed by atoms with Crippen molar-refractivity contribution >= 4 is 34.2 Å². The number of aromatic carboxylic acids is 1. The highest BCUT2D eigenvalue weighted by Crippen LogP contribution is 2.44. The van der Waals surface area contributed by atoms with Crippen LogP contribution in [0.5, 0.6) is 5.75 Å². The van der Waals surface area contributed by atoms with E-state index in [-0.39, 0.29) is 34.9 Å². The number of carbonyl (C=O) groups is 2. The van der Waals surface area contributed by atoms with Crippen LogP contribution in [0.2, 0.25) is 0 Å². The molecule has 0 atom stereocenters. The Kier molecular flexibility index (Phi) is 4.87. The maximum absolute atomic E-state index is 15.2. The second kappa shape index (κ2) is 7.29. The van der Waals surface area contributed by atoms with Crippen molar-refractivity contribution in [3.8, 4) is 5.75 Å². The number of carboxylic acid groups (broad SMARTS) is 1. The van der Waals surface area contributed by atoms with E-state index in [1.54, 1.807) is 21.7 Å². The Morgan fingerprint density at radius 2 is 2.13 bits per heavy atom. The highest BCUT2D eigenvalue weighted by atomic mass is 19.1. The SMILES string of the molecule is CC1(C)COc2c(NCCCN3C=CCC3=O)c(F)c(N)c3c(=O)c(C(=O)O)cn1c23. The minimum Gasteiger partial charge on any atom is -0.487 e. The number of nitrogens with one attached hydrogen (secondary N) is 1. The Bertz CT molecular complexity index is 1200. The average molecular weight is 430 g/mol. The number of anilines is 2. The highest BCUT2D eigenvalue weighted by molar-refractivity contribution is 6.03. The van der Waals surface area contributed by atoms with Crippen LogP contribution in [-0.2, 0) is 10.3 Å². The highest BCUT2D eigenvalue weighted by Gasteiger charge is 2.35. The van der Waals surface area contributed by atoms with E-state index < -0.39 is 34.0 Å². The largest absolute Gasteiger partial charge is 0.487 e. The smallest absolute Gasteiger partial charge is 0.341 e. The quantitative estimate of drug-likeness (QED) is 0.473. The summed E-state index contributed by atoms with van der Waals surface area (Å²) in [7, 11) is 0. The van der Waals surface area contributed by atoms with Gasteiger partial charge in [0.05, 0.1) is 22.1 Å². The van der Waals surface area contributed by atoms with Crippen LogP contribution in [-0.4, -0.2) is 46.1 Å². The number of aromatic nitrogens is 1. The van der Waals surface area contributed by atoms with Gasteiger partial charge in [-0.2, -0.15) is 0 Å². The number of amides is 1. The number of nitrogen functional groups attached to an aromatic ring is 1. The lowest BCUT2D eigenvalue weighted by molar-refractivity contribution is -0.126. The van der Waals surface area contributed by atoms with Gasteiger partial charge in [-0.25, -0.2) is 9.18 Å². The normalized spacial score (nSPS) is 16.6. The van der Waals surface area contributed by atoms with Crippen LogP contribution >= 0.6 is 0 Å². The third kappa shape index (κ3) is 3.28. The number of benzene rings is 1. The van der Waals surface area contributed by atoms with Gasteiger partial charge in [-0.3, -0.25) is 9.59 Å². The molecule has 1 amide bonds. The zero-order valence-electron chi connectivity index (χ0n) is 17.2. The van der Waals surface area contributed by atoms with Crippen molar-refractivity contribution in [1.82, 2.24) is 9.47 Å². The summed E-state index contributed by atoms with van der Waals surface area (Å²) >= 11 is 0. The van der Waals surface area contributed by atoms with Crippen LogP contribution in [0.25, 0.3) is 10.9 Å². The molecule has 0 spiro atoms. The molecule has 2 aliphatic rings. The molecule has 164 valence electrons. The molecular formula is C21H23FN4O5. The fraction of sp³-hybridized carbons (Fsp3) is 0.381. The van der Waals surface area contributed by atoms with Crippen molar-refractivity contribution in [2.45, 2.75) is 32.2 Å². The van der Waals surface area contributed by atoms with Crippen molar-refractivity contribution < 1.29 is 23.8 Å². The number of carboxylic acids is 1.